The third-order valence-electron chi connectivity index (χ3n) is 2.57. The van der Waals surface area contributed by atoms with Crippen LogP contribution in [0.2, 0.25) is 0 Å². The number of anilines is 2. The molecule has 4 nitrogen and oxygen atoms in total. The second kappa shape index (κ2) is 3.38. The van der Waals surface area contributed by atoms with E-state index >= 15 is 0 Å². The fourth-order valence-electron chi connectivity index (χ4n) is 1.63. The van der Waals surface area contributed by atoms with Crippen molar-refractivity contribution in [2.75, 3.05) is 10.6 Å². The molecule has 0 aliphatic carbocycles. The van der Waals surface area contributed by atoms with E-state index in [1.54, 1.807) is 12.1 Å². The summed E-state index contributed by atoms with van der Waals surface area (Å²) in [4.78, 5) is 24.1. The fourth-order valence-corrected chi connectivity index (χ4v) is 1.63. The highest BCUT2D eigenvalue weighted by atomic mass is 16.2. The highest BCUT2D eigenvalue weighted by Gasteiger charge is 2.30. The molecule has 1 aromatic carbocycles. The van der Waals surface area contributed by atoms with Crippen LogP contribution in [0.5, 0.6) is 0 Å². The molecule has 1 aliphatic heterocycles. The van der Waals surface area contributed by atoms with Crippen LogP contribution < -0.4 is 10.6 Å². The van der Waals surface area contributed by atoms with Crippen LogP contribution in [-0.4, -0.2) is 11.8 Å². The van der Waals surface area contributed by atoms with Gasteiger partial charge in [-0.1, -0.05) is 6.07 Å². The average Bonchev–Trinajstić information content (AvgIpc) is 2.52. The van der Waals surface area contributed by atoms with Crippen LogP contribution in [0.3, 0.4) is 0 Å². The summed E-state index contributed by atoms with van der Waals surface area (Å²) in [6.07, 6.45) is 0.596. The maximum absolute atomic E-state index is 11.4. The first-order valence-corrected chi connectivity index (χ1v) is 4.81. The van der Waals surface area contributed by atoms with Crippen molar-refractivity contribution in [2.45, 2.75) is 19.8 Å². The Balaban J connectivity index is 2.41. The predicted molar refractivity (Wildman–Crippen MR) is 57.3 cm³/mol. The van der Waals surface area contributed by atoms with Gasteiger partial charge in [0.05, 0.1) is 5.69 Å². The third-order valence-corrected chi connectivity index (χ3v) is 2.57. The highest BCUT2D eigenvalue weighted by molar-refractivity contribution is 6.19. The molecular weight excluding hydrogens is 192 g/mol. The number of imide groups is 1. The first-order chi connectivity index (χ1) is 7.09. The van der Waals surface area contributed by atoms with Gasteiger partial charge in [0, 0.05) is 18.5 Å². The number of amides is 2. The van der Waals surface area contributed by atoms with Gasteiger partial charge in [0.2, 0.25) is 11.8 Å². The van der Waals surface area contributed by atoms with Crippen LogP contribution in [0, 0.1) is 6.92 Å². The number of hydrogen-bond acceptors (Lipinski definition) is 3. The molecule has 1 aliphatic rings. The number of nitrogen functional groups attached to an aromatic ring is 1. The summed E-state index contributed by atoms with van der Waals surface area (Å²) in [6.45, 7) is 1.88. The number of carbonyl (C=O) groups excluding carboxylic acids is 2. The molecule has 2 rings (SSSR count). The largest absolute Gasteiger partial charge is 0.398 e. The van der Waals surface area contributed by atoms with Crippen molar-refractivity contribution in [2.24, 2.45) is 0 Å². The lowest BCUT2D eigenvalue weighted by molar-refractivity contribution is -0.121. The molecule has 4 heteroatoms. The van der Waals surface area contributed by atoms with Crippen molar-refractivity contribution >= 4 is 23.2 Å². The Morgan fingerprint density at radius 1 is 1.20 bits per heavy atom. The molecule has 1 aromatic rings. The van der Waals surface area contributed by atoms with E-state index in [9.17, 15) is 9.59 Å². The van der Waals surface area contributed by atoms with Crippen LogP contribution >= 0.6 is 0 Å². The summed E-state index contributed by atoms with van der Waals surface area (Å²) in [6, 6.07) is 5.22. The fraction of sp³-hybridized carbons (Fsp3) is 0.273. The molecule has 1 saturated heterocycles. The quantitative estimate of drug-likeness (QED) is 0.552. The summed E-state index contributed by atoms with van der Waals surface area (Å²) in [5.74, 6) is -0.300. The summed E-state index contributed by atoms with van der Waals surface area (Å²) in [7, 11) is 0. The molecule has 0 radical (unpaired) electrons. The van der Waals surface area contributed by atoms with Gasteiger partial charge in [0.15, 0.2) is 0 Å². The van der Waals surface area contributed by atoms with Crippen LogP contribution in [0.15, 0.2) is 18.2 Å². The second-order valence-corrected chi connectivity index (χ2v) is 3.66. The molecule has 0 saturated carbocycles. The van der Waals surface area contributed by atoms with Gasteiger partial charge < -0.3 is 5.73 Å². The van der Waals surface area contributed by atoms with Crippen molar-refractivity contribution in [1.29, 1.82) is 0 Å². The Bertz CT molecular complexity index is 424. The minimum Gasteiger partial charge on any atom is -0.398 e. The SMILES string of the molecule is Cc1ccc(N2C(=O)CCC2=O)cc1N. The Hall–Kier alpha value is -1.84. The van der Waals surface area contributed by atoms with Crippen LogP contribution in [0.25, 0.3) is 0 Å². The van der Waals surface area contributed by atoms with Gasteiger partial charge in [-0.25, -0.2) is 0 Å². The maximum atomic E-state index is 11.4. The highest BCUT2D eigenvalue weighted by Crippen LogP contribution is 2.25. The zero-order valence-corrected chi connectivity index (χ0v) is 8.49. The molecule has 0 bridgehead atoms. The minimum absolute atomic E-state index is 0.150. The van der Waals surface area contributed by atoms with E-state index in [0.717, 1.165) is 5.56 Å². The molecule has 0 atom stereocenters. The molecule has 15 heavy (non-hydrogen) atoms. The van der Waals surface area contributed by atoms with Crippen molar-refractivity contribution in [3.05, 3.63) is 23.8 Å². The molecule has 2 amide bonds. The summed E-state index contributed by atoms with van der Waals surface area (Å²) >= 11 is 0. The monoisotopic (exact) mass is 204 g/mol. The molecule has 78 valence electrons. The second-order valence-electron chi connectivity index (χ2n) is 3.66. The van der Waals surface area contributed by atoms with Crippen molar-refractivity contribution in [3.63, 3.8) is 0 Å². The van der Waals surface area contributed by atoms with Gasteiger partial charge in [0.1, 0.15) is 0 Å². The summed E-state index contributed by atoms with van der Waals surface area (Å²) in [5, 5.41) is 0. The number of rotatable bonds is 1. The first kappa shape index (κ1) is 9.71. The minimum atomic E-state index is -0.150. The number of nitrogens with zero attached hydrogens (tertiary/aromatic N) is 1. The van der Waals surface area contributed by atoms with E-state index in [0.29, 0.717) is 24.2 Å². The smallest absolute Gasteiger partial charge is 0.234 e. The molecular formula is C11H12N2O2. The predicted octanol–water partition coefficient (Wildman–Crippen LogP) is 1.23. The van der Waals surface area contributed by atoms with Crippen LogP contribution in [0.1, 0.15) is 18.4 Å². The number of nitrogens with two attached hydrogens (primary N) is 1. The van der Waals surface area contributed by atoms with Gasteiger partial charge in [-0.2, -0.15) is 0 Å². The van der Waals surface area contributed by atoms with Crippen molar-refractivity contribution in [1.82, 2.24) is 0 Å². The Morgan fingerprint density at radius 3 is 2.33 bits per heavy atom. The number of benzene rings is 1. The number of hydrogen-bond donors (Lipinski definition) is 1. The molecule has 0 spiro atoms. The maximum Gasteiger partial charge on any atom is 0.234 e. The zero-order chi connectivity index (χ0) is 11.0. The Labute approximate surface area is 87.7 Å². The van der Waals surface area contributed by atoms with Crippen molar-refractivity contribution in [3.8, 4) is 0 Å². The molecule has 1 heterocycles. The van der Waals surface area contributed by atoms with Gasteiger partial charge in [-0.15, -0.1) is 0 Å². The molecule has 2 N–H and O–H groups in total. The lowest BCUT2D eigenvalue weighted by Crippen LogP contribution is -2.28. The topological polar surface area (TPSA) is 63.4 Å². The van der Waals surface area contributed by atoms with Gasteiger partial charge >= 0.3 is 0 Å². The number of aryl methyl sites for hydroxylation is 1. The van der Waals surface area contributed by atoms with Crippen LogP contribution in [0.4, 0.5) is 11.4 Å². The van der Waals surface area contributed by atoms with E-state index in [1.165, 1.54) is 4.90 Å². The van der Waals surface area contributed by atoms with Gasteiger partial charge in [-0.05, 0) is 24.6 Å². The third kappa shape index (κ3) is 1.58. The number of carbonyl (C=O) groups is 2. The van der Waals surface area contributed by atoms with Gasteiger partial charge in [0.25, 0.3) is 0 Å². The van der Waals surface area contributed by atoms with E-state index in [2.05, 4.69) is 0 Å². The average molecular weight is 204 g/mol. The zero-order valence-electron chi connectivity index (χ0n) is 8.49. The van der Waals surface area contributed by atoms with E-state index in [4.69, 9.17) is 5.73 Å². The van der Waals surface area contributed by atoms with E-state index in [-0.39, 0.29) is 11.8 Å². The molecule has 0 aromatic heterocycles. The van der Waals surface area contributed by atoms with Gasteiger partial charge in [-0.3, -0.25) is 14.5 Å². The molecule has 0 unspecified atom stereocenters. The van der Waals surface area contributed by atoms with Crippen LogP contribution in [-0.2, 0) is 9.59 Å². The summed E-state index contributed by atoms with van der Waals surface area (Å²) in [5.41, 5.74) is 7.84. The lowest BCUT2D eigenvalue weighted by Gasteiger charge is -2.14. The first-order valence-electron chi connectivity index (χ1n) is 4.81. The Morgan fingerprint density at radius 2 is 1.80 bits per heavy atom. The standard InChI is InChI=1S/C11H12N2O2/c1-7-2-3-8(6-9(7)12)13-10(14)4-5-11(13)15/h2-3,6H,4-5,12H2,1H3. The van der Waals surface area contributed by atoms with E-state index < -0.39 is 0 Å². The Kier molecular flexibility index (Phi) is 2.19. The summed E-state index contributed by atoms with van der Waals surface area (Å²) < 4.78 is 0. The lowest BCUT2D eigenvalue weighted by atomic mass is 10.2. The molecule has 1 fully saturated rings. The normalized spacial score (nSPS) is 16.2. The van der Waals surface area contributed by atoms with E-state index in [1.807, 2.05) is 13.0 Å². The van der Waals surface area contributed by atoms with Crippen molar-refractivity contribution < 1.29 is 9.59 Å².